The summed E-state index contributed by atoms with van der Waals surface area (Å²) in [7, 11) is 0. The summed E-state index contributed by atoms with van der Waals surface area (Å²) in [5, 5.41) is 18.8. The Hall–Kier alpha value is 0.360. The first-order valence-electron chi connectivity index (χ1n) is 9.14. The lowest BCUT2D eigenvalue weighted by Gasteiger charge is -2.44. The third kappa shape index (κ3) is 8.28. The van der Waals surface area contributed by atoms with Crippen LogP contribution in [0.1, 0.15) is 73.1 Å². The van der Waals surface area contributed by atoms with Crippen molar-refractivity contribution in [1.82, 2.24) is 0 Å². The summed E-state index contributed by atoms with van der Waals surface area (Å²) in [4.78, 5) is 0. The van der Waals surface area contributed by atoms with E-state index in [1.54, 1.807) is 0 Å². The average molecular weight is 382 g/mol. The van der Waals surface area contributed by atoms with Crippen LogP contribution in [0.25, 0.3) is 0 Å². The van der Waals surface area contributed by atoms with Crippen LogP contribution in [0, 0.1) is 5.92 Å². The number of rotatable bonds is 13. The molecular formula is C18H40BrNO2. The Morgan fingerprint density at radius 1 is 0.818 bits per heavy atom. The minimum absolute atomic E-state index is 0. The van der Waals surface area contributed by atoms with E-state index >= 15 is 0 Å². The van der Waals surface area contributed by atoms with E-state index in [0.29, 0.717) is 18.6 Å². The predicted molar refractivity (Wildman–Crippen MR) is 91.3 cm³/mol. The largest absolute Gasteiger partial charge is 1.00 e. The molecule has 136 valence electrons. The normalized spacial score (nSPS) is 16.0. The molecule has 0 saturated heterocycles. The van der Waals surface area contributed by atoms with Crippen LogP contribution >= 0.6 is 0 Å². The first kappa shape index (κ1) is 24.6. The highest BCUT2D eigenvalue weighted by Gasteiger charge is 2.32. The van der Waals surface area contributed by atoms with Crippen LogP contribution in [0.5, 0.6) is 0 Å². The van der Waals surface area contributed by atoms with Crippen molar-refractivity contribution in [2.24, 2.45) is 5.92 Å². The highest BCUT2D eigenvalue weighted by atomic mass is 79.9. The fraction of sp³-hybridized carbons (Fsp3) is 1.00. The fourth-order valence-corrected chi connectivity index (χ4v) is 3.73. The van der Waals surface area contributed by atoms with Crippen LogP contribution in [-0.4, -0.2) is 53.1 Å². The monoisotopic (exact) mass is 381 g/mol. The first-order chi connectivity index (χ1) is 9.99. The summed E-state index contributed by atoms with van der Waals surface area (Å²) < 4.78 is 1.17. The van der Waals surface area contributed by atoms with Crippen LogP contribution in [0.4, 0.5) is 0 Å². The zero-order valence-electron chi connectivity index (χ0n) is 15.5. The Bertz CT molecular complexity index is 237. The van der Waals surface area contributed by atoms with E-state index in [-0.39, 0.29) is 23.1 Å². The van der Waals surface area contributed by atoms with Crippen molar-refractivity contribution in [1.29, 1.82) is 0 Å². The molecule has 0 aromatic heterocycles. The molecule has 4 heteroatoms. The number of nitrogens with zero attached hydrogens (tertiary/aromatic N) is 1. The standard InChI is InChI=1S/C18H40NO2.BrH/c1-6-17(14-15-20)11-13-18(12-10-16(5)21)19(7-2,8-3)9-4;/h16-18,20-21H,6-15H2,1-5H3;1H/q+1;/p-1. The Morgan fingerprint density at radius 3 is 1.68 bits per heavy atom. The molecule has 0 amide bonds. The van der Waals surface area contributed by atoms with Crippen LogP contribution < -0.4 is 17.0 Å². The van der Waals surface area contributed by atoms with Crippen molar-refractivity contribution >= 4 is 0 Å². The molecule has 0 aromatic carbocycles. The highest BCUT2D eigenvalue weighted by molar-refractivity contribution is 4.67. The Morgan fingerprint density at radius 2 is 1.32 bits per heavy atom. The summed E-state index contributed by atoms with van der Waals surface area (Å²) in [6.07, 6.45) is 6.35. The lowest BCUT2D eigenvalue weighted by molar-refractivity contribution is -0.947. The van der Waals surface area contributed by atoms with Crippen molar-refractivity contribution in [3.8, 4) is 0 Å². The molecule has 0 heterocycles. The summed E-state index contributed by atoms with van der Waals surface area (Å²) in [5.74, 6) is 0.650. The van der Waals surface area contributed by atoms with Gasteiger partial charge in [0.25, 0.3) is 0 Å². The van der Waals surface area contributed by atoms with Crippen molar-refractivity contribution in [2.75, 3.05) is 26.2 Å². The Labute approximate surface area is 149 Å². The van der Waals surface area contributed by atoms with Gasteiger partial charge in [-0.15, -0.1) is 0 Å². The van der Waals surface area contributed by atoms with Gasteiger partial charge in [0, 0.05) is 13.0 Å². The first-order valence-corrected chi connectivity index (χ1v) is 9.14. The molecular weight excluding hydrogens is 342 g/mol. The molecule has 0 aliphatic heterocycles. The molecule has 2 N–H and O–H groups in total. The molecule has 22 heavy (non-hydrogen) atoms. The minimum Gasteiger partial charge on any atom is -1.00 e. The molecule has 0 radical (unpaired) electrons. The van der Waals surface area contributed by atoms with Gasteiger partial charge in [0.1, 0.15) is 0 Å². The SMILES string of the molecule is CCC(CCO)CCC(CCC(C)O)[N+](CC)(CC)CC.[Br-]. The van der Waals surface area contributed by atoms with E-state index in [0.717, 1.165) is 25.7 Å². The van der Waals surface area contributed by atoms with Gasteiger partial charge in [-0.05, 0) is 59.3 Å². The summed E-state index contributed by atoms with van der Waals surface area (Å²) >= 11 is 0. The lowest BCUT2D eigenvalue weighted by atomic mass is 9.91. The molecule has 0 spiro atoms. The zero-order chi connectivity index (χ0) is 16.3. The van der Waals surface area contributed by atoms with E-state index in [4.69, 9.17) is 0 Å². The van der Waals surface area contributed by atoms with Gasteiger partial charge >= 0.3 is 0 Å². The van der Waals surface area contributed by atoms with E-state index in [1.807, 2.05) is 6.92 Å². The Balaban J connectivity index is 0. The van der Waals surface area contributed by atoms with E-state index in [9.17, 15) is 10.2 Å². The van der Waals surface area contributed by atoms with E-state index in [1.165, 1.54) is 37.0 Å². The summed E-state index contributed by atoms with van der Waals surface area (Å²) in [6, 6.07) is 0.646. The number of aliphatic hydroxyl groups excluding tert-OH is 2. The van der Waals surface area contributed by atoms with Crippen molar-refractivity contribution in [3.63, 3.8) is 0 Å². The van der Waals surface area contributed by atoms with Gasteiger partial charge in [0.15, 0.2) is 0 Å². The van der Waals surface area contributed by atoms with Gasteiger partial charge in [0.2, 0.25) is 0 Å². The van der Waals surface area contributed by atoms with Gasteiger partial charge < -0.3 is 31.7 Å². The molecule has 0 fully saturated rings. The quantitative estimate of drug-likeness (QED) is 0.458. The third-order valence-electron chi connectivity index (χ3n) is 5.60. The molecule has 0 aliphatic carbocycles. The van der Waals surface area contributed by atoms with E-state index in [2.05, 4.69) is 27.7 Å². The highest BCUT2D eigenvalue weighted by Crippen LogP contribution is 2.26. The lowest BCUT2D eigenvalue weighted by Crippen LogP contribution is -3.00. The molecule has 3 unspecified atom stereocenters. The molecule has 3 atom stereocenters. The zero-order valence-corrected chi connectivity index (χ0v) is 17.1. The van der Waals surface area contributed by atoms with E-state index < -0.39 is 0 Å². The average Bonchev–Trinajstić information content (AvgIpc) is 2.49. The topological polar surface area (TPSA) is 40.5 Å². The van der Waals surface area contributed by atoms with Gasteiger partial charge in [0.05, 0.1) is 31.8 Å². The third-order valence-corrected chi connectivity index (χ3v) is 5.60. The summed E-state index contributed by atoms with van der Waals surface area (Å²) in [5.41, 5.74) is 0. The van der Waals surface area contributed by atoms with Gasteiger partial charge in [-0.1, -0.05) is 13.3 Å². The molecule has 0 bridgehead atoms. The molecule has 0 aromatic rings. The maximum absolute atomic E-state index is 9.65. The number of quaternary nitrogens is 1. The van der Waals surface area contributed by atoms with Crippen molar-refractivity contribution in [2.45, 2.75) is 85.3 Å². The maximum atomic E-state index is 9.65. The maximum Gasteiger partial charge on any atom is 0.0891 e. The number of hydrogen-bond donors (Lipinski definition) is 2. The van der Waals surface area contributed by atoms with Crippen molar-refractivity contribution < 1.29 is 31.7 Å². The van der Waals surface area contributed by atoms with Crippen LogP contribution in [-0.2, 0) is 0 Å². The number of halogens is 1. The van der Waals surface area contributed by atoms with Crippen LogP contribution in [0.3, 0.4) is 0 Å². The second-order valence-electron chi connectivity index (χ2n) is 6.61. The minimum atomic E-state index is -0.195. The Kier molecular flexibility index (Phi) is 15.4. The molecule has 0 rings (SSSR count). The molecule has 0 saturated carbocycles. The smallest absolute Gasteiger partial charge is 0.0891 e. The molecule has 3 nitrogen and oxygen atoms in total. The van der Waals surface area contributed by atoms with Crippen LogP contribution in [0.15, 0.2) is 0 Å². The van der Waals surface area contributed by atoms with Gasteiger partial charge in [-0.2, -0.15) is 0 Å². The van der Waals surface area contributed by atoms with Crippen molar-refractivity contribution in [3.05, 3.63) is 0 Å². The number of hydrogen-bond acceptors (Lipinski definition) is 2. The van der Waals surface area contributed by atoms with Gasteiger partial charge in [-0.25, -0.2) is 0 Å². The van der Waals surface area contributed by atoms with Gasteiger partial charge in [-0.3, -0.25) is 0 Å². The second kappa shape index (κ2) is 13.8. The van der Waals surface area contributed by atoms with Crippen LogP contribution in [0.2, 0.25) is 0 Å². The molecule has 0 aliphatic rings. The number of aliphatic hydroxyl groups is 2. The second-order valence-corrected chi connectivity index (χ2v) is 6.61. The summed E-state index contributed by atoms with van der Waals surface area (Å²) in [6.45, 7) is 14.9. The predicted octanol–water partition coefficient (Wildman–Crippen LogP) is 0.585. The fourth-order valence-electron chi connectivity index (χ4n) is 3.73.